The van der Waals surface area contributed by atoms with Crippen LogP contribution in [0.3, 0.4) is 0 Å². The van der Waals surface area contributed by atoms with E-state index in [0.29, 0.717) is 18.3 Å². The minimum absolute atomic E-state index is 0.0228. The third-order valence-electron chi connectivity index (χ3n) is 6.17. The molecule has 0 bridgehead atoms. The topological polar surface area (TPSA) is 101 Å². The highest BCUT2D eigenvalue weighted by Gasteiger charge is 2.37. The molecule has 0 saturated heterocycles. The molecular formula is C18H33NO4P+. The van der Waals surface area contributed by atoms with Crippen molar-refractivity contribution in [3.05, 3.63) is 0 Å². The first kappa shape index (κ1) is 19.8. The van der Waals surface area contributed by atoms with E-state index in [1.807, 2.05) is 0 Å². The van der Waals surface area contributed by atoms with Gasteiger partial charge in [-0.2, -0.15) is 4.89 Å². The zero-order valence-electron chi connectivity index (χ0n) is 14.6. The summed E-state index contributed by atoms with van der Waals surface area (Å²) in [5.74, 6) is -0.371. The Labute approximate surface area is 146 Å². The fourth-order valence-electron chi connectivity index (χ4n) is 4.86. The zero-order valence-corrected chi connectivity index (χ0v) is 15.5. The Kier molecular flexibility index (Phi) is 8.12. The van der Waals surface area contributed by atoms with Crippen molar-refractivity contribution in [3.8, 4) is 0 Å². The molecule has 2 aliphatic carbocycles. The molecule has 4 atom stereocenters. The molecule has 2 aliphatic rings. The molecule has 0 aromatic carbocycles. The summed E-state index contributed by atoms with van der Waals surface area (Å²) in [6.07, 6.45) is 12.3. The van der Waals surface area contributed by atoms with Crippen LogP contribution in [0, 0.1) is 23.7 Å². The molecule has 6 heteroatoms. The predicted octanol–water partition coefficient (Wildman–Crippen LogP) is 3.92. The summed E-state index contributed by atoms with van der Waals surface area (Å²) in [6, 6.07) is 0.0228. The molecular weight excluding hydrogens is 325 g/mol. The number of carboxylic acids is 1. The van der Waals surface area contributed by atoms with Crippen LogP contribution in [-0.4, -0.2) is 28.2 Å². The van der Waals surface area contributed by atoms with Crippen molar-refractivity contribution in [1.29, 1.82) is 0 Å². The number of aliphatic carboxylic acids is 1. The van der Waals surface area contributed by atoms with Gasteiger partial charge in [-0.3, -0.25) is 4.79 Å². The van der Waals surface area contributed by atoms with Gasteiger partial charge in [-0.25, -0.2) is 0 Å². The zero-order chi connectivity index (χ0) is 17.5. The number of rotatable bonds is 9. The number of hydrogen-bond acceptors (Lipinski definition) is 3. The van der Waals surface area contributed by atoms with Crippen molar-refractivity contribution in [3.63, 3.8) is 0 Å². The lowest BCUT2D eigenvalue weighted by Crippen LogP contribution is -2.39. The fraction of sp³-hybridized carbons (Fsp3) is 0.944. The van der Waals surface area contributed by atoms with Gasteiger partial charge in [-0.15, -0.1) is 0 Å². The summed E-state index contributed by atoms with van der Waals surface area (Å²) < 4.78 is 11.2. The number of nitrogens with two attached hydrogens (primary N) is 1. The molecule has 0 aliphatic heterocycles. The average molecular weight is 358 g/mol. The minimum atomic E-state index is -2.42. The Balaban J connectivity index is 2.01. The summed E-state index contributed by atoms with van der Waals surface area (Å²) in [7, 11) is -2.42. The van der Waals surface area contributed by atoms with Crippen molar-refractivity contribution in [1.82, 2.24) is 0 Å². The van der Waals surface area contributed by atoms with E-state index in [4.69, 9.17) is 10.6 Å². The van der Waals surface area contributed by atoms with Crippen molar-refractivity contribution in [2.45, 2.75) is 76.7 Å². The molecule has 2 fully saturated rings. The molecule has 24 heavy (non-hydrogen) atoms. The van der Waals surface area contributed by atoms with Crippen LogP contribution in [0.1, 0.15) is 70.6 Å². The summed E-state index contributed by atoms with van der Waals surface area (Å²) >= 11 is 0. The van der Waals surface area contributed by atoms with Gasteiger partial charge >= 0.3 is 14.0 Å². The monoisotopic (exact) mass is 358 g/mol. The summed E-state index contributed by atoms with van der Waals surface area (Å²) in [5.41, 5.74) is 6.58. The first-order valence-electron chi connectivity index (χ1n) is 9.59. The van der Waals surface area contributed by atoms with E-state index >= 15 is 0 Å². The van der Waals surface area contributed by atoms with Gasteiger partial charge in [0.2, 0.25) is 0 Å². The van der Waals surface area contributed by atoms with Crippen molar-refractivity contribution in [2.75, 3.05) is 6.16 Å². The van der Waals surface area contributed by atoms with Crippen LogP contribution < -0.4 is 5.73 Å². The maximum Gasteiger partial charge on any atom is 0.506 e. The van der Waals surface area contributed by atoms with Crippen LogP contribution in [0.15, 0.2) is 0 Å². The Bertz CT molecular complexity index is 419. The normalized spacial score (nSPS) is 24.5. The van der Waals surface area contributed by atoms with Gasteiger partial charge in [0, 0.05) is 6.04 Å². The lowest BCUT2D eigenvalue weighted by atomic mass is 9.74. The second kappa shape index (κ2) is 9.84. The molecule has 2 saturated carbocycles. The van der Waals surface area contributed by atoms with Crippen LogP contribution in [0.5, 0.6) is 0 Å². The second-order valence-corrected chi connectivity index (χ2v) is 8.99. The molecule has 0 heterocycles. The number of carbonyl (C=O) groups is 1. The standard InChI is InChI=1S/C18H32NO4P/c19-17(10-13-6-2-1-3-7-13)16(14-8-4-5-9-14)11-15(18(20)21)12-24(22)23/h13-17H,1-12,19H2,(H-,20,21,22,23)/p+1. The van der Waals surface area contributed by atoms with Crippen molar-refractivity contribution in [2.24, 2.45) is 29.4 Å². The third-order valence-corrected chi connectivity index (χ3v) is 6.92. The summed E-state index contributed by atoms with van der Waals surface area (Å²) in [5, 5.41) is 9.44. The largest absolute Gasteiger partial charge is 0.506 e. The maximum atomic E-state index is 11.5. The van der Waals surface area contributed by atoms with Gasteiger partial charge in [-0.05, 0) is 35.2 Å². The van der Waals surface area contributed by atoms with E-state index in [1.165, 1.54) is 44.9 Å². The van der Waals surface area contributed by atoms with E-state index in [1.54, 1.807) is 0 Å². The minimum Gasteiger partial charge on any atom is -0.481 e. The van der Waals surface area contributed by atoms with Crippen LogP contribution in [-0.2, 0) is 9.36 Å². The average Bonchev–Trinajstić information content (AvgIpc) is 3.05. The molecule has 138 valence electrons. The van der Waals surface area contributed by atoms with Crippen LogP contribution >= 0.6 is 8.03 Å². The molecule has 0 radical (unpaired) electrons. The smallest absolute Gasteiger partial charge is 0.481 e. The Hall–Kier alpha value is -0.510. The van der Waals surface area contributed by atoms with Gasteiger partial charge in [0.15, 0.2) is 6.16 Å². The Morgan fingerprint density at radius 2 is 1.67 bits per heavy atom. The summed E-state index contributed by atoms with van der Waals surface area (Å²) in [4.78, 5) is 20.7. The number of carboxylic acid groups (broad SMARTS) is 1. The second-order valence-electron chi connectivity index (χ2n) is 7.92. The molecule has 0 spiro atoms. The predicted molar refractivity (Wildman–Crippen MR) is 95.1 cm³/mol. The van der Waals surface area contributed by atoms with Crippen molar-refractivity contribution >= 4 is 14.0 Å². The fourth-order valence-corrected chi connectivity index (χ4v) is 5.54. The number of hydrogen-bond donors (Lipinski definition) is 3. The SMILES string of the molecule is NC(CC1CCCCC1)C(CC(C[P+](=O)O)C(=O)O)C1CCCC1. The van der Waals surface area contributed by atoms with Gasteiger partial charge in [-0.1, -0.05) is 57.8 Å². The molecule has 4 unspecified atom stereocenters. The Morgan fingerprint density at radius 1 is 1.08 bits per heavy atom. The van der Waals surface area contributed by atoms with Gasteiger partial charge < -0.3 is 10.8 Å². The van der Waals surface area contributed by atoms with E-state index in [9.17, 15) is 14.5 Å². The highest BCUT2D eigenvalue weighted by Crippen LogP contribution is 2.40. The first-order valence-corrected chi connectivity index (χ1v) is 11.0. The first-order chi connectivity index (χ1) is 11.5. The summed E-state index contributed by atoms with van der Waals surface area (Å²) in [6.45, 7) is 0. The van der Waals surface area contributed by atoms with E-state index < -0.39 is 19.9 Å². The van der Waals surface area contributed by atoms with Crippen LogP contribution in [0.25, 0.3) is 0 Å². The van der Waals surface area contributed by atoms with E-state index in [2.05, 4.69) is 0 Å². The molecule has 4 N–H and O–H groups in total. The Morgan fingerprint density at radius 3 is 2.21 bits per heavy atom. The lowest BCUT2D eigenvalue weighted by Gasteiger charge is -2.34. The third kappa shape index (κ3) is 6.09. The maximum absolute atomic E-state index is 11.5. The molecule has 2 rings (SSSR count). The van der Waals surface area contributed by atoms with Crippen molar-refractivity contribution < 1.29 is 19.4 Å². The molecule has 0 aromatic rings. The lowest BCUT2D eigenvalue weighted by molar-refractivity contribution is -0.141. The van der Waals surface area contributed by atoms with Gasteiger partial charge in [0.1, 0.15) is 5.92 Å². The quantitative estimate of drug-likeness (QED) is 0.542. The van der Waals surface area contributed by atoms with Crippen LogP contribution in [0.4, 0.5) is 0 Å². The van der Waals surface area contributed by atoms with E-state index in [-0.39, 0.29) is 18.1 Å². The van der Waals surface area contributed by atoms with Crippen LogP contribution in [0.2, 0.25) is 0 Å². The molecule has 0 aromatic heterocycles. The molecule has 5 nitrogen and oxygen atoms in total. The van der Waals surface area contributed by atoms with Gasteiger partial charge in [0.25, 0.3) is 0 Å². The molecule has 0 amide bonds. The highest BCUT2D eigenvalue weighted by molar-refractivity contribution is 7.38. The van der Waals surface area contributed by atoms with E-state index in [0.717, 1.165) is 19.3 Å². The highest BCUT2D eigenvalue weighted by atomic mass is 31.1. The van der Waals surface area contributed by atoms with Gasteiger partial charge in [0.05, 0.1) is 0 Å².